The molecule has 4 saturated heterocycles. The number of fused-ring (bicyclic) bond motifs is 2. The monoisotopic (exact) mass is 886 g/mol. The molecule has 4 aliphatic heterocycles. The number of carbonyl (C=O) groups excluding carboxylic acids is 6. The van der Waals surface area contributed by atoms with E-state index in [-0.39, 0.29) is 48.8 Å². The number of carbonyl (C=O) groups is 6. The van der Waals surface area contributed by atoms with Gasteiger partial charge in [-0.2, -0.15) is 0 Å². The van der Waals surface area contributed by atoms with Gasteiger partial charge in [0.1, 0.15) is 35.4 Å². The summed E-state index contributed by atoms with van der Waals surface area (Å²) in [6.07, 6.45) is 5.73. The molecule has 10 atom stereocenters. The highest BCUT2D eigenvalue weighted by Crippen LogP contribution is 2.34. The minimum atomic E-state index is -1.19. The van der Waals surface area contributed by atoms with E-state index >= 15 is 0 Å². The highest BCUT2D eigenvalue weighted by atomic mass is 32.2. The number of hydrogen-bond donors (Lipinski definition) is 2. The molecule has 6 amide bonds. The van der Waals surface area contributed by atoms with Crippen molar-refractivity contribution in [3.63, 3.8) is 0 Å². The minimum absolute atomic E-state index is 0.0463. The summed E-state index contributed by atoms with van der Waals surface area (Å²) in [5.41, 5.74) is -1.56. The Morgan fingerprint density at radius 2 is 0.917 bits per heavy atom. The van der Waals surface area contributed by atoms with E-state index in [2.05, 4.69) is 10.6 Å². The molecule has 0 saturated carbocycles. The summed E-state index contributed by atoms with van der Waals surface area (Å²) in [7, 11) is 0.548. The topological polar surface area (TPSA) is 199 Å². The number of ether oxygens (including phenoxy) is 2. The van der Waals surface area contributed by atoms with Crippen LogP contribution in [-0.4, -0.2) is 185 Å². The van der Waals surface area contributed by atoms with Crippen molar-refractivity contribution >= 4 is 57.8 Å². The first-order valence-corrected chi connectivity index (χ1v) is 24.2. The molecule has 0 aliphatic carbocycles. The normalized spacial score (nSPS) is 25.0. The number of nitrogens with one attached hydrogen (secondary N) is 2. The lowest BCUT2D eigenvalue weighted by Gasteiger charge is -2.32. The van der Waals surface area contributed by atoms with Crippen molar-refractivity contribution in [1.29, 1.82) is 0 Å². The van der Waals surface area contributed by atoms with Gasteiger partial charge in [0.2, 0.25) is 23.6 Å². The molecule has 2 N–H and O–H groups in total. The smallest absolute Gasteiger partial charge is 0.410 e. The van der Waals surface area contributed by atoms with Crippen LogP contribution in [0.1, 0.15) is 107 Å². The van der Waals surface area contributed by atoms with E-state index in [4.69, 9.17) is 9.47 Å². The van der Waals surface area contributed by atoms with E-state index in [0.717, 1.165) is 0 Å². The predicted molar refractivity (Wildman–Crippen MR) is 228 cm³/mol. The van der Waals surface area contributed by atoms with Gasteiger partial charge in [0.25, 0.3) is 0 Å². The van der Waals surface area contributed by atoms with Crippen LogP contribution in [0.3, 0.4) is 0 Å². The van der Waals surface area contributed by atoms with Gasteiger partial charge in [-0.25, -0.2) is 26.6 Å². The van der Waals surface area contributed by atoms with E-state index < -0.39 is 81.3 Å². The van der Waals surface area contributed by atoms with Gasteiger partial charge in [-0.15, -0.1) is 0 Å². The lowest BCUT2D eigenvalue weighted by Crippen LogP contribution is -2.55. The van der Waals surface area contributed by atoms with Crippen molar-refractivity contribution in [3.8, 4) is 0 Å². The number of hydrogen-bond acceptors (Lipinski definition) is 10. The van der Waals surface area contributed by atoms with Gasteiger partial charge in [0, 0.05) is 77.0 Å². The summed E-state index contributed by atoms with van der Waals surface area (Å²) in [5, 5.41) is 5.82. The van der Waals surface area contributed by atoms with Crippen LogP contribution in [0.15, 0.2) is 0 Å². The van der Waals surface area contributed by atoms with Gasteiger partial charge in [0.05, 0.1) is 22.0 Å². The van der Waals surface area contributed by atoms with Gasteiger partial charge in [-0.1, -0.05) is 12.8 Å². The minimum Gasteiger partial charge on any atom is -0.444 e. The molecule has 4 heterocycles. The van der Waals surface area contributed by atoms with Crippen molar-refractivity contribution in [2.45, 2.75) is 166 Å². The molecule has 60 heavy (non-hydrogen) atoms. The molecule has 342 valence electrons. The van der Waals surface area contributed by atoms with E-state index in [1.54, 1.807) is 77.7 Å². The maximum absolute atomic E-state index is 14.4. The third-order valence-corrected chi connectivity index (χ3v) is 14.3. The number of likely N-dealkylation sites (N-methyl/N-ethyl adjacent to an activating group) is 2. The number of unbranched alkanes of at least 4 members (excludes halogenated alkanes) is 1. The largest absolute Gasteiger partial charge is 0.444 e. The van der Waals surface area contributed by atoms with Crippen LogP contribution in [0.2, 0.25) is 0 Å². The molecule has 4 rings (SSSR count). The second-order valence-electron chi connectivity index (χ2n) is 18.6. The molecule has 0 aromatic rings. The highest BCUT2D eigenvalue weighted by Gasteiger charge is 2.49. The fourth-order valence-electron chi connectivity index (χ4n) is 8.61. The Morgan fingerprint density at radius 3 is 1.22 bits per heavy atom. The first-order valence-electron chi connectivity index (χ1n) is 21.2. The maximum Gasteiger partial charge on any atom is 0.410 e. The molecule has 20 heteroatoms. The zero-order valence-electron chi connectivity index (χ0n) is 37.7. The first-order chi connectivity index (χ1) is 27.8. The third kappa shape index (κ3) is 12.2. The lowest BCUT2D eigenvalue weighted by atomic mass is 10.0. The molecule has 18 nitrogen and oxygen atoms in total. The summed E-state index contributed by atoms with van der Waals surface area (Å²) in [6, 6.07) is -4.25. The third-order valence-electron chi connectivity index (χ3n) is 12.0. The number of likely N-dealkylation sites (tertiary alicyclic amines) is 2. The van der Waals surface area contributed by atoms with Gasteiger partial charge in [-0.3, -0.25) is 29.0 Å². The Hall–Kier alpha value is -3.36. The molecule has 8 unspecified atom stereocenters. The lowest BCUT2D eigenvalue weighted by molar-refractivity contribution is -0.138. The van der Waals surface area contributed by atoms with Gasteiger partial charge in [0.15, 0.2) is 0 Å². The van der Waals surface area contributed by atoms with E-state index in [1.807, 2.05) is 8.61 Å². The van der Waals surface area contributed by atoms with Gasteiger partial charge in [-0.05, 0) is 93.9 Å². The Balaban J connectivity index is 1.51. The molecule has 0 radical (unpaired) electrons. The van der Waals surface area contributed by atoms with Crippen LogP contribution >= 0.6 is 0 Å². The van der Waals surface area contributed by atoms with Crippen LogP contribution in [0, 0.1) is 0 Å². The highest BCUT2D eigenvalue weighted by molar-refractivity contribution is 7.82. The molecule has 0 bridgehead atoms. The second-order valence-corrected chi connectivity index (χ2v) is 21.2. The molecule has 0 aromatic carbocycles. The molecular weight excluding hydrogens is 817 g/mol. The number of nitrogens with zero attached hydrogens (tertiary/aromatic N) is 6. The Morgan fingerprint density at radius 1 is 0.600 bits per heavy atom. The van der Waals surface area contributed by atoms with E-state index in [0.29, 0.717) is 64.7 Å². The van der Waals surface area contributed by atoms with E-state index in [9.17, 15) is 37.2 Å². The van der Waals surface area contributed by atoms with Crippen molar-refractivity contribution in [2.24, 2.45) is 0 Å². The molecule has 4 aliphatic rings. The molecular formula is C40H70N8O10S2. The Labute approximate surface area is 361 Å². The maximum atomic E-state index is 14.4. The molecule has 4 fully saturated rings. The predicted octanol–water partition coefficient (Wildman–Crippen LogP) is 1.96. The van der Waals surface area contributed by atoms with Crippen LogP contribution < -0.4 is 10.6 Å². The summed E-state index contributed by atoms with van der Waals surface area (Å²) in [4.78, 5) is 87.7. The van der Waals surface area contributed by atoms with Crippen molar-refractivity contribution < 1.29 is 46.7 Å². The second kappa shape index (κ2) is 20.2. The summed E-state index contributed by atoms with van der Waals surface area (Å²) < 4.78 is 39.6. The summed E-state index contributed by atoms with van der Waals surface area (Å²) in [6.45, 7) is 15.6. The first kappa shape index (κ1) is 49.3. The fourth-order valence-corrected chi connectivity index (χ4v) is 10.6. The van der Waals surface area contributed by atoms with E-state index in [1.165, 1.54) is 23.9 Å². The summed E-state index contributed by atoms with van der Waals surface area (Å²) in [5.74, 6) is -1.61. The quantitative estimate of drug-likeness (QED) is 0.230. The average molecular weight is 887 g/mol. The SMILES string of the molecule is C[C@@H](C(=O)NC(CCCCC(NC(=O)[C@H](C)N(C)C(=O)OC(C)(C)C)C(=O)N1CCC2C1CCN2S(C)=O)C(=O)N1CCC2C1CCN2S(C)=O)N(C)C(=O)OC(C)(C)C. The number of amides is 6. The fraction of sp³-hybridized carbons (Fsp3) is 0.850. The zero-order valence-corrected chi connectivity index (χ0v) is 39.3. The van der Waals surface area contributed by atoms with Crippen LogP contribution in [0.5, 0.6) is 0 Å². The standard InChI is InChI=1S/C40H70N8O10S2/c1-25(43(9)37(53)57-39(3,4)5)33(49)41-27(35(51)45-21-17-31-29(45)19-23-47(31)59(11)55)15-13-14-16-28(42-34(50)26(2)44(10)38(54)58-40(6,7)8)36(52)46-22-18-32-30(46)20-24-48(32)60(12)56/h25-32H,13-24H2,1-12H3,(H,41,49)(H,42,50)/t25-,26-,27?,28?,29?,30?,31?,32?,59?,60?/m0/s1. The Kier molecular flexibility index (Phi) is 16.6. The van der Waals surface area contributed by atoms with Gasteiger partial charge < -0.3 is 29.9 Å². The van der Waals surface area contributed by atoms with Gasteiger partial charge >= 0.3 is 12.2 Å². The zero-order chi connectivity index (χ0) is 45.0. The Bertz CT molecular complexity index is 1540. The van der Waals surface area contributed by atoms with Crippen molar-refractivity contribution in [3.05, 3.63) is 0 Å². The van der Waals surface area contributed by atoms with Crippen molar-refractivity contribution in [2.75, 3.05) is 52.8 Å². The average Bonchev–Trinajstić information content (AvgIpc) is 3.94. The summed E-state index contributed by atoms with van der Waals surface area (Å²) >= 11 is 0. The molecule has 0 spiro atoms. The van der Waals surface area contributed by atoms with Crippen LogP contribution in [0.4, 0.5) is 9.59 Å². The van der Waals surface area contributed by atoms with Crippen molar-refractivity contribution in [1.82, 2.24) is 38.8 Å². The number of rotatable bonds is 15. The molecule has 0 aromatic heterocycles. The van der Waals surface area contributed by atoms with Crippen LogP contribution in [-0.2, 0) is 50.6 Å². The van der Waals surface area contributed by atoms with Crippen LogP contribution in [0.25, 0.3) is 0 Å².